The van der Waals surface area contributed by atoms with Gasteiger partial charge in [-0.15, -0.1) is 11.3 Å². The summed E-state index contributed by atoms with van der Waals surface area (Å²) in [6, 6.07) is 21.6. The number of aryl methyl sites for hydroxylation is 1. The zero-order valence-corrected chi connectivity index (χ0v) is 18.0. The number of hydrogen-bond donors (Lipinski definition) is 3. The minimum absolute atomic E-state index is 0.0918. The number of anilines is 2. The van der Waals surface area contributed by atoms with Crippen molar-refractivity contribution < 1.29 is 9.53 Å². The van der Waals surface area contributed by atoms with Crippen molar-refractivity contribution in [1.29, 1.82) is 5.41 Å². The second kappa shape index (κ2) is 9.02. The molecule has 31 heavy (non-hydrogen) atoms. The predicted octanol–water partition coefficient (Wildman–Crippen LogP) is 5.73. The number of benzene rings is 3. The number of hydrogen-bond acceptors (Lipinski definition) is 5. The fourth-order valence-corrected chi connectivity index (χ4v) is 4.59. The molecule has 0 radical (unpaired) electrons. The molecule has 1 amide bonds. The average Bonchev–Trinajstić information content (AvgIpc) is 3.23. The van der Waals surface area contributed by atoms with Crippen LogP contribution in [-0.4, -0.2) is 19.2 Å². The number of ether oxygens (including phenoxy) is 1. The lowest BCUT2D eigenvalue weighted by Gasteiger charge is -2.12. The van der Waals surface area contributed by atoms with E-state index in [9.17, 15) is 4.79 Å². The molecule has 0 aliphatic carbocycles. The molecule has 6 heteroatoms. The summed E-state index contributed by atoms with van der Waals surface area (Å²) in [5, 5.41) is 11.8. The van der Waals surface area contributed by atoms with Crippen molar-refractivity contribution in [1.82, 2.24) is 0 Å². The van der Waals surface area contributed by atoms with Gasteiger partial charge in [0.05, 0.1) is 7.11 Å². The minimum atomic E-state index is -0.0918. The summed E-state index contributed by atoms with van der Waals surface area (Å²) < 4.78 is 6.41. The number of carbonyl (C=O) groups excluding carboxylic acids is 1. The highest BCUT2D eigenvalue weighted by molar-refractivity contribution is 7.22. The Morgan fingerprint density at radius 2 is 1.97 bits per heavy atom. The van der Waals surface area contributed by atoms with Crippen LogP contribution in [0.25, 0.3) is 20.5 Å². The van der Waals surface area contributed by atoms with Gasteiger partial charge in [0.25, 0.3) is 0 Å². The number of nitrogens with two attached hydrogens (primary N) is 1. The standard InChI is InChI=1S/C25H23N3O2S/c1-30-20-7-4-5-16(11-20)9-10-24(29)28-19-12-18(15-26)25(27)21(14-19)23-13-17-6-2-3-8-22(17)31-23/h2-8,11-15,26H,9-10,27H2,1H3,(H,28,29). The molecule has 3 aromatic carbocycles. The van der Waals surface area contributed by atoms with Crippen LogP contribution in [0.1, 0.15) is 17.5 Å². The molecule has 4 N–H and O–H groups in total. The number of amides is 1. The molecule has 0 unspecified atom stereocenters. The van der Waals surface area contributed by atoms with E-state index in [1.807, 2.05) is 42.5 Å². The van der Waals surface area contributed by atoms with E-state index in [0.717, 1.165) is 27.1 Å². The van der Waals surface area contributed by atoms with Crippen molar-refractivity contribution in [3.8, 4) is 16.2 Å². The molecule has 0 bridgehead atoms. The van der Waals surface area contributed by atoms with Crippen molar-refractivity contribution in [2.75, 3.05) is 18.2 Å². The molecule has 5 nitrogen and oxygen atoms in total. The summed E-state index contributed by atoms with van der Waals surface area (Å²) in [5.41, 5.74) is 9.96. The second-order valence-corrected chi connectivity index (χ2v) is 8.30. The Kier molecular flexibility index (Phi) is 6.00. The van der Waals surface area contributed by atoms with Crippen LogP contribution in [0.4, 0.5) is 11.4 Å². The van der Waals surface area contributed by atoms with Gasteiger partial charge in [0.15, 0.2) is 0 Å². The highest BCUT2D eigenvalue weighted by atomic mass is 32.1. The number of rotatable bonds is 7. The summed E-state index contributed by atoms with van der Waals surface area (Å²) in [5.74, 6) is 0.686. The van der Waals surface area contributed by atoms with E-state index in [4.69, 9.17) is 15.9 Å². The first-order valence-corrected chi connectivity index (χ1v) is 10.7. The molecule has 0 aliphatic rings. The first-order valence-electron chi connectivity index (χ1n) is 9.93. The van der Waals surface area contributed by atoms with Crippen LogP contribution in [0.5, 0.6) is 5.75 Å². The molecule has 1 aromatic heterocycles. The first kappa shape index (κ1) is 20.6. The number of fused-ring (bicyclic) bond motifs is 1. The van der Waals surface area contributed by atoms with Gasteiger partial charge in [-0.1, -0.05) is 30.3 Å². The van der Waals surface area contributed by atoms with Crippen LogP contribution >= 0.6 is 11.3 Å². The molecule has 4 rings (SSSR count). The van der Waals surface area contributed by atoms with Gasteiger partial charge >= 0.3 is 0 Å². The number of methoxy groups -OCH3 is 1. The Morgan fingerprint density at radius 3 is 2.74 bits per heavy atom. The second-order valence-electron chi connectivity index (χ2n) is 7.22. The number of nitrogens with one attached hydrogen (secondary N) is 2. The summed E-state index contributed by atoms with van der Waals surface area (Å²) in [6.07, 6.45) is 2.17. The maximum Gasteiger partial charge on any atom is 0.224 e. The minimum Gasteiger partial charge on any atom is -0.497 e. The summed E-state index contributed by atoms with van der Waals surface area (Å²) in [4.78, 5) is 13.6. The zero-order valence-electron chi connectivity index (χ0n) is 17.1. The molecule has 0 saturated heterocycles. The van der Waals surface area contributed by atoms with Gasteiger partial charge in [0, 0.05) is 44.7 Å². The Morgan fingerprint density at radius 1 is 1.13 bits per heavy atom. The molecule has 0 atom stereocenters. The van der Waals surface area contributed by atoms with E-state index in [-0.39, 0.29) is 5.91 Å². The van der Waals surface area contributed by atoms with Crippen LogP contribution in [-0.2, 0) is 11.2 Å². The van der Waals surface area contributed by atoms with Crippen LogP contribution in [0.2, 0.25) is 0 Å². The van der Waals surface area contributed by atoms with Gasteiger partial charge in [-0.25, -0.2) is 0 Å². The van der Waals surface area contributed by atoms with Crippen molar-refractivity contribution in [3.63, 3.8) is 0 Å². The number of nitrogen functional groups attached to an aromatic ring is 1. The van der Waals surface area contributed by atoms with Crippen molar-refractivity contribution >= 4 is 44.9 Å². The largest absolute Gasteiger partial charge is 0.497 e. The van der Waals surface area contributed by atoms with Crippen molar-refractivity contribution in [3.05, 3.63) is 77.9 Å². The van der Waals surface area contributed by atoms with E-state index < -0.39 is 0 Å². The van der Waals surface area contributed by atoms with Gasteiger partial charge in [-0.2, -0.15) is 0 Å². The summed E-state index contributed by atoms with van der Waals surface area (Å²) in [6.45, 7) is 0. The Balaban J connectivity index is 1.56. The fraction of sp³-hybridized carbons (Fsp3) is 0.120. The molecule has 4 aromatic rings. The van der Waals surface area contributed by atoms with Gasteiger partial charge in [-0.3, -0.25) is 4.79 Å². The lowest BCUT2D eigenvalue weighted by Crippen LogP contribution is -2.13. The Labute approximate surface area is 185 Å². The third-order valence-corrected chi connectivity index (χ3v) is 6.27. The van der Waals surface area contributed by atoms with Gasteiger partial charge < -0.3 is 21.2 Å². The van der Waals surface area contributed by atoms with Gasteiger partial charge in [0.2, 0.25) is 5.91 Å². The maximum absolute atomic E-state index is 12.6. The molecule has 0 saturated carbocycles. The summed E-state index contributed by atoms with van der Waals surface area (Å²) in [7, 11) is 1.63. The van der Waals surface area contributed by atoms with Crippen LogP contribution in [0.3, 0.4) is 0 Å². The van der Waals surface area contributed by atoms with Gasteiger partial charge in [0.1, 0.15) is 5.75 Å². The third-order valence-electron chi connectivity index (χ3n) is 5.12. The topological polar surface area (TPSA) is 88.2 Å². The SMILES string of the molecule is COc1cccc(CCC(=O)Nc2cc(C=N)c(N)c(-c3cc4ccccc4s3)c2)c1. The first-order chi connectivity index (χ1) is 15.1. The quantitative estimate of drug-likeness (QED) is 0.259. The Bertz CT molecular complexity index is 1230. The van der Waals surface area contributed by atoms with Crippen LogP contribution in [0.15, 0.2) is 66.7 Å². The zero-order chi connectivity index (χ0) is 21.8. The maximum atomic E-state index is 12.6. The monoisotopic (exact) mass is 429 g/mol. The number of thiophene rings is 1. The van der Waals surface area contributed by atoms with Crippen molar-refractivity contribution in [2.45, 2.75) is 12.8 Å². The fourth-order valence-electron chi connectivity index (χ4n) is 3.50. The van der Waals surface area contributed by atoms with Crippen LogP contribution in [0, 0.1) is 5.41 Å². The highest BCUT2D eigenvalue weighted by Crippen LogP contribution is 2.38. The predicted molar refractivity (Wildman–Crippen MR) is 130 cm³/mol. The van der Waals surface area contributed by atoms with E-state index >= 15 is 0 Å². The van der Waals surface area contributed by atoms with Gasteiger partial charge in [-0.05, 0) is 53.8 Å². The lowest BCUT2D eigenvalue weighted by atomic mass is 10.0. The molecule has 0 aliphatic heterocycles. The van der Waals surface area contributed by atoms with E-state index in [1.165, 1.54) is 10.9 Å². The molecular weight excluding hydrogens is 406 g/mol. The molecular formula is C25H23N3O2S. The van der Waals surface area contributed by atoms with Crippen LogP contribution < -0.4 is 15.8 Å². The van der Waals surface area contributed by atoms with E-state index in [2.05, 4.69) is 23.5 Å². The molecule has 1 heterocycles. The van der Waals surface area contributed by atoms with E-state index in [1.54, 1.807) is 24.5 Å². The molecule has 156 valence electrons. The Hall–Kier alpha value is -3.64. The lowest BCUT2D eigenvalue weighted by molar-refractivity contribution is -0.116. The normalized spacial score (nSPS) is 10.7. The third kappa shape index (κ3) is 4.59. The molecule has 0 spiro atoms. The molecule has 0 fully saturated rings. The number of carbonyl (C=O) groups is 1. The van der Waals surface area contributed by atoms with E-state index in [0.29, 0.717) is 29.8 Å². The average molecular weight is 430 g/mol. The smallest absolute Gasteiger partial charge is 0.224 e. The highest BCUT2D eigenvalue weighted by Gasteiger charge is 2.13. The summed E-state index contributed by atoms with van der Waals surface area (Å²) >= 11 is 1.64. The van der Waals surface area contributed by atoms with Crippen molar-refractivity contribution in [2.24, 2.45) is 0 Å².